The normalized spacial score (nSPS) is 15.7. The van der Waals surface area contributed by atoms with E-state index in [2.05, 4.69) is 25.5 Å². The third-order valence-corrected chi connectivity index (χ3v) is 6.91. The molecular weight excluding hydrogens is 516 g/mol. The minimum atomic E-state index is -0.480. The summed E-state index contributed by atoms with van der Waals surface area (Å²) in [6, 6.07) is 9.50. The molecule has 0 saturated carbocycles. The second-order valence-electron chi connectivity index (χ2n) is 8.90. The molecule has 4 aromatic rings. The summed E-state index contributed by atoms with van der Waals surface area (Å²) in [6.45, 7) is 4.08. The summed E-state index contributed by atoms with van der Waals surface area (Å²) in [5.74, 6) is 0.0500. The molecule has 1 saturated heterocycles. The number of hydrogen-bond acceptors (Lipinski definition) is 6. The van der Waals surface area contributed by atoms with Crippen molar-refractivity contribution >= 4 is 46.0 Å². The molecule has 5 rings (SSSR count). The molecule has 0 spiro atoms. The van der Waals surface area contributed by atoms with E-state index < -0.39 is 11.9 Å². The monoisotopic (exact) mass is 541 g/mol. The molecule has 0 bridgehead atoms. The highest BCUT2D eigenvalue weighted by Crippen LogP contribution is 2.34. The van der Waals surface area contributed by atoms with E-state index in [-0.39, 0.29) is 5.69 Å². The maximum atomic E-state index is 15.3. The van der Waals surface area contributed by atoms with Gasteiger partial charge in [-0.05, 0) is 55.7 Å². The number of pyridine rings is 2. The molecule has 192 valence electrons. The van der Waals surface area contributed by atoms with E-state index in [0.29, 0.717) is 50.4 Å². The number of benzene rings is 1. The molecule has 1 atom stereocenters. The highest BCUT2D eigenvalue weighted by Gasteiger charge is 2.18. The van der Waals surface area contributed by atoms with Crippen LogP contribution in [-0.2, 0) is 11.3 Å². The number of halogens is 3. The van der Waals surface area contributed by atoms with Crippen molar-refractivity contribution in [2.45, 2.75) is 38.5 Å². The second kappa shape index (κ2) is 11.6. The molecule has 1 aliphatic rings. The van der Waals surface area contributed by atoms with E-state index >= 15 is 4.39 Å². The van der Waals surface area contributed by atoms with E-state index in [4.69, 9.17) is 32.7 Å². The molecule has 4 heterocycles. The first-order valence-electron chi connectivity index (χ1n) is 12.0. The van der Waals surface area contributed by atoms with Crippen LogP contribution in [0.1, 0.15) is 48.4 Å². The predicted octanol–water partition coefficient (Wildman–Crippen LogP) is 6.54. The summed E-state index contributed by atoms with van der Waals surface area (Å²) < 4.78 is 26.7. The second-order valence-corrected chi connectivity index (χ2v) is 9.71. The van der Waals surface area contributed by atoms with E-state index in [0.717, 1.165) is 31.7 Å². The molecule has 3 aromatic heterocycles. The van der Waals surface area contributed by atoms with Gasteiger partial charge in [-0.2, -0.15) is 5.10 Å². The van der Waals surface area contributed by atoms with Gasteiger partial charge in [0.15, 0.2) is 5.83 Å². The van der Waals surface area contributed by atoms with Crippen LogP contribution in [0.2, 0.25) is 10.0 Å². The first-order valence-corrected chi connectivity index (χ1v) is 12.8. The Kier molecular flexibility index (Phi) is 8.00. The lowest BCUT2D eigenvalue weighted by molar-refractivity contribution is 0.0775. The lowest BCUT2D eigenvalue weighted by Crippen LogP contribution is -2.34. The molecule has 0 amide bonds. The Balaban J connectivity index is 1.30. The average Bonchev–Trinajstić information content (AvgIpc) is 3.32. The summed E-state index contributed by atoms with van der Waals surface area (Å²) in [5.41, 5.74) is 3.06. The minimum absolute atomic E-state index is 0.193. The third kappa shape index (κ3) is 6.10. The highest BCUT2D eigenvalue weighted by molar-refractivity contribution is 6.35. The largest absolute Gasteiger partial charge is 0.486 e. The fourth-order valence-electron chi connectivity index (χ4n) is 4.31. The van der Waals surface area contributed by atoms with Crippen LogP contribution >= 0.6 is 23.2 Å². The van der Waals surface area contributed by atoms with Gasteiger partial charge in [-0.1, -0.05) is 29.3 Å². The van der Waals surface area contributed by atoms with Crippen molar-refractivity contribution in [2.24, 2.45) is 0 Å². The molecule has 0 aliphatic carbocycles. The lowest BCUT2D eigenvalue weighted by Gasteiger charge is -2.22. The van der Waals surface area contributed by atoms with Gasteiger partial charge in [0, 0.05) is 55.3 Å². The molecule has 1 aliphatic heterocycles. The Bertz CT molecular complexity index is 1380. The Labute approximate surface area is 224 Å². The van der Waals surface area contributed by atoms with Crippen LogP contribution < -0.4 is 10.1 Å². The predicted molar refractivity (Wildman–Crippen MR) is 143 cm³/mol. The molecule has 2 N–H and O–H groups in total. The maximum absolute atomic E-state index is 15.3. The van der Waals surface area contributed by atoms with Gasteiger partial charge in [0.2, 0.25) is 0 Å². The van der Waals surface area contributed by atoms with Crippen LogP contribution in [0.3, 0.4) is 0 Å². The van der Waals surface area contributed by atoms with E-state index in [1.807, 2.05) is 19.1 Å². The molecule has 1 unspecified atom stereocenters. The van der Waals surface area contributed by atoms with Crippen LogP contribution in [0.4, 0.5) is 4.39 Å². The Morgan fingerprint density at radius 3 is 2.70 bits per heavy atom. The molecule has 0 radical (unpaired) electrons. The Morgan fingerprint density at radius 1 is 1.19 bits per heavy atom. The van der Waals surface area contributed by atoms with Crippen LogP contribution in [-0.4, -0.2) is 39.4 Å². The average molecular weight is 542 g/mol. The maximum Gasteiger partial charge on any atom is 0.151 e. The number of H-pyrrole nitrogens is 1. The van der Waals surface area contributed by atoms with Crippen molar-refractivity contribution in [3.8, 4) is 5.75 Å². The highest BCUT2D eigenvalue weighted by atomic mass is 35.5. The minimum Gasteiger partial charge on any atom is -0.486 e. The van der Waals surface area contributed by atoms with Crippen molar-refractivity contribution in [1.29, 1.82) is 0 Å². The first kappa shape index (κ1) is 25.6. The van der Waals surface area contributed by atoms with Crippen LogP contribution in [0, 0.1) is 0 Å². The SMILES string of the molecule is CC(Oc1ccc2[nH]nc(/C(F)=C/c3ccc(CNC4CCOCC4)nc3)c2c1)c1c(Cl)cncc1Cl. The van der Waals surface area contributed by atoms with Gasteiger partial charge in [0.25, 0.3) is 0 Å². The van der Waals surface area contributed by atoms with Crippen LogP contribution in [0.25, 0.3) is 22.8 Å². The molecular formula is C27H26Cl2FN5O2. The smallest absolute Gasteiger partial charge is 0.151 e. The fourth-order valence-corrected chi connectivity index (χ4v) is 4.98. The standard InChI is InChI=1S/C27H26Cl2FN5O2/c1-16(26-22(28)14-31-15-23(26)29)37-20-4-5-25-21(11-20)27(35-34-25)24(30)10-17-2-3-19(32-12-17)13-33-18-6-8-36-9-7-18/h2-5,10-12,14-16,18,33H,6-9,13H2,1H3,(H,34,35)/b24-10-. The zero-order chi connectivity index (χ0) is 25.8. The van der Waals surface area contributed by atoms with Crippen molar-refractivity contribution in [3.05, 3.63) is 81.5 Å². The van der Waals surface area contributed by atoms with Gasteiger partial charge in [-0.25, -0.2) is 4.39 Å². The van der Waals surface area contributed by atoms with E-state index in [1.165, 1.54) is 18.5 Å². The zero-order valence-corrected chi connectivity index (χ0v) is 21.7. The van der Waals surface area contributed by atoms with E-state index in [9.17, 15) is 0 Å². The number of nitrogens with one attached hydrogen (secondary N) is 2. The Morgan fingerprint density at radius 2 is 1.97 bits per heavy atom. The van der Waals surface area contributed by atoms with Crippen molar-refractivity contribution in [1.82, 2.24) is 25.5 Å². The molecule has 1 fully saturated rings. The van der Waals surface area contributed by atoms with Gasteiger partial charge in [0.1, 0.15) is 17.5 Å². The number of ether oxygens (including phenoxy) is 2. The molecule has 7 nitrogen and oxygen atoms in total. The first-order chi connectivity index (χ1) is 18.0. The van der Waals surface area contributed by atoms with Gasteiger partial charge < -0.3 is 14.8 Å². The molecule has 37 heavy (non-hydrogen) atoms. The zero-order valence-electron chi connectivity index (χ0n) is 20.2. The summed E-state index contributed by atoms with van der Waals surface area (Å²) in [6.07, 6.45) is 7.68. The van der Waals surface area contributed by atoms with Gasteiger partial charge in [-0.15, -0.1) is 0 Å². The third-order valence-electron chi connectivity index (χ3n) is 6.30. The Hall–Kier alpha value is -3.04. The van der Waals surface area contributed by atoms with Gasteiger partial charge >= 0.3 is 0 Å². The van der Waals surface area contributed by atoms with Crippen molar-refractivity contribution < 1.29 is 13.9 Å². The fraction of sp³-hybridized carbons (Fsp3) is 0.296. The molecule has 1 aromatic carbocycles. The summed E-state index contributed by atoms with van der Waals surface area (Å²) in [7, 11) is 0. The lowest BCUT2D eigenvalue weighted by atomic mass is 10.1. The van der Waals surface area contributed by atoms with Crippen molar-refractivity contribution in [2.75, 3.05) is 13.2 Å². The van der Waals surface area contributed by atoms with Crippen LogP contribution in [0.15, 0.2) is 48.9 Å². The van der Waals surface area contributed by atoms with E-state index in [1.54, 1.807) is 24.4 Å². The van der Waals surface area contributed by atoms with Gasteiger partial charge in [0.05, 0.1) is 21.3 Å². The topological polar surface area (TPSA) is 85.0 Å². The van der Waals surface area contributed by atoms with Crippen molar-refractivity contribution in [3.63, 3.8) is 0 Å². The van der Waals surface area contributed by atoms with Gasteiger partial charge in [-0.3, -0.25) is 15.1 Å². The summed E-state index contributed by atoms with van der Waals surface area (Å²) in [5, 5.41) is 12.0. The van der Waals surface area contributed by atoms with Crippen LogP contribution in [0.5, 0.6) is 5.75 Å². The number of aromatic nitrogens is 4. The number of aromatic amines is 1. The summed E-state index contributed by atoms with van der Waals surface area (Å²) in [4.78, 5) is 8.45. The number of rotatable bonds is 8. The summed E-state index contributed by atoms with van der Waals surface area (Å²) >= 11 is 12.5. The quantitative estimate of drug-likeness (QED) is 0.263. The molecule has 10 heteroatoms. The number of nitrogens with zero attached hydrogens (tertiary/aromatic N) is 3. The number of hydrogen-bond donors (Lipinski definition) is 2. The number of fused-ring (bicyclic) bond motifs is 1.